The molecule has 1 nitrogen and oxygen atoms in total. The monoisotopic (exact) mass is 240 g/mol. The summed E-state index contributed by atoms with van der Waals surface area (Å²) >= 11 is 6.10. The van der Waals surface area contributed by atoms with Gasteiger partial charge in [0.05, 0.1) is 6.61 Å². The van der Waals surface area contributed by atoms with Crippen LogP contribution in [0.5, 0.6) is 0 Å². The second kappa shape index (κ2) is 4.98. The molecule has 1 aliphatic rings. The summed E-state index contributed by atoms with van der Waals surface area (Å²) in [7, 11) is 0. The van der Waals surface area contributed by atoms with Crippen LogP contribution >= 0.6 is 11.6 Å². The van der Waals surface area contributed by atoms with E-state index in [1.807, 2.05) is 24.3 Å². The molecule has 1 aromatic carbocycles. The van der Waals surface area contributed by atoms with Crippen LogP contribution in [0, 0.1) is 5.92 Å². The number of hydrogen-bond acceptors (Lipinski definition) is 1. The summed E-state index contributed by atoms with van der Waals surface area (Å²) in [4.78, 5) is 0. The Hall–Kier alpha value is -0.860. The van der Waals surface area contributed by atoms with Crippen molar-refractivity contribution in [2.75, 3.05) is 6.61 Å². The number of rotatable bonds is 4. The summed E-state index contributed by atoms with van der Waals surface area (Å²) in [6.07, 6.45) is 3.70. The third-order valence-corrected chi connectivity index (χ3v) is 3.25. The Bertz CT molecular complexity index is 399. The van der Waals surface area contributed by atoms with Crippen LogP contribution in [0.2, 0.25) is 5.02 Å². The molecule has 0 spiro atoms. The standard InChI is InChI=1S/C13H14ClFO/c14-13-4-2-1-3-11(13)12(9-5-6-9)7-10(15)8-16/h1-4,7,9,12,16H,5-6,8H2/b10-7-. The maximum atomic E-state index is 13.2. The molecule has 1 fully saturated rings. The zero-order valence-electron chi connectivity index (χ0n) is 8.87. The van der Waals surface area contributed by atoms with Crippen molar-refractivity contribution in [2.24, 2.45) is 5.92 Å². The molecule has 1 saturated carbocycles. The Labute approximate surface area is 99.6 Å². The molecule has 86 valence electrons. The highest BCUT2D eigenvalue weighted by atomic mass is 35.5. The lowest BCUT2D eigenvalue weighted by atomic mass is 9.93. The van der Waals surface area contributed by atoms with Gasteiger partial charge >= 0.3 is 0 Å². The Balaban J connectivity index is 2.29. The topological polar surface area (TPSA) is 20.2 Å². The SMILES string of the molecule is OC/C(F)=C/C(c1ccccc1Cl)C1CC1. The zero-order valence-corrected chi connectivity index (χ0v) is 9.62. The normalized spacial score (nSPS) is 18.6. The van der Waals surface area contributed by atoms with Crippen LogP contribution in [0.15, 0.2) is 36.2 Å². The number of allylic oxidation sites excluding steroid dienone is 1. The lowest BCUT2D eigenvalue weighted by Crippen LogP contribution is -2.00. The highest BCUT2D eigenvalue weighted by Gasteiger charge is 2.32. The highest BCUT2D eigenvalue weighted by Crippen LogP contribution is 2.45. The molecule has 0 bridgehead atoms. The van der Waals surface area contributed by atoms with Gasteiger partial charge < -0.3 is 5.11 Å². The van der Waals surface area contributed by atoms with Gasteiger partial charge in [-0.15, -0.1) is 0 Å². The van der Waals surface area contributed by atoms with Crippen LogP contribution in [0.1, 0.15) is 24.3 Å². The molecule has 0 aliphatic heterocycles. The number of benzene rings is 1. The Morgan fingerprint density at radius 2 is 2.19 bits per heavy atom. The van der Waals surface area contributed by atoms with Crippen LogP contribution in [-0.2, 0) is 0 Å². The number of aliphatic hydroxyl groups is 1. The molecule has 2 rings (SSSR count). The van der Waals surface area contributed by atoms with Crippen molar-refractivity contribution >= 4 is 11.6 Å². The highest BCUT2D eigenvalue weighted by molar-refractivity contribution is 6.31. The fourth-order valence-electron chi connectivity index (χ4n) is 1.93. The van der Waals surface area contributed by atoms with Crippen LogP contribution in [0.25, 0.3) is 0 Å². The summed E-state index contributed by atoms with van der Waals surface area (Å²) in [5.41, 5.74) is 0.954. The molecule has 0 heterocycles. The van der Waals surface area contributed by atoms with Gasteiger partial charge in [-0.1, -0.05) is 29.8 Å². The second-order valence-corrected chi connectivity index (χ2v) is 4.56. The van der Waals surface area contributed by atoms with Crippen molar-refractivity contribution in [1.82, 2.24) is 0 Å². The molecule has 1 aliphatic carbocycles. The van der Waals surface area contributed by atoms with Crippen LogP contribution in [0.3, 0.4) is 0 Å². The zero-order chi connectivity index (χ0) is 11.5. The summed E-state index contributed by atoms with van der Waals surface area (Å²) in [6.45, 7) is -0.534. The van der Waals surface area contributed by atoms with Gasteiger partial charge in [-0.3, -0.25) is 0 Å². The van der Waals surface area contributed by atoms with Gasteiger partial charge in [-0.25, -0.2) is 4.39 Å². The van der Waals surface area contributed by atoms with Crippen LogP contribution in [-0.4, -0.2) is 11.7 Å². The molecule has 3 heteroatoms. The molecular formula is C13H14ClFO. The summed E-state index contributed by atoms with van der Waals surface area (Å²) in [5.74, 6) is -0.00475. The predicted molar refractivity (Wildman–Crippen MR) is 63.2 cm³/mol. The molecule has 0 aromatic heterocycles. The molecule has 0 radical (unpaired) electrons. The van der Waals surface area contributed by atoms with Gasteiger partial charge in [0.25, 0.3) is 0 Å². The number of hydrogen-bond donors (Lipinski definition) is 1. The van der Waals surface area contributed by atoms with Crippen molar-refractivity contribution in [3.05, 3.63) is 46.8 Å². The molecule has 0 saturated heterocycles. The van der Waals surface area contributed by atoms with Gasteiger partial charge in [0.1, 0.15) is 5.83 Å². The lowest BCUT2D eigenvalue weighted by Gasteiger charge is -2.14. The van der Waals surface area contributed by atoms with Crippen molar-refractivity contribution in [1.29, 1.82) is 0 Å². The van der Waals surface area contributed by atoms with E-state index in [1.165, 1.54) is 6.08 Å². The first-order valence-electron chi connectivity index (χ1n) is 5.44. The van der Waals surface area contributed by atoms with E-state index in [0.29, 0.717) is 10.9 Å². The third kappa shape index (κ3) is 2.63. The molecule has 1 aromatic rings. The summed E-state index contributed by atoms with van der Waals surface area (Å²) < 4.78 is 13.2. The van der Waals surface area contributed by atoms with E-state index in [9.17, 15) is 4.39 Å². The van der Waals surface area contributed by atoms with Gasteiger partial charge in [0.2, 0.25) is 0 Å². The minimum atomic E-state index is -0.534. The first kappa shape index (κ1) is 11.6. The quantitative estimate of drug-likeness (QED) is 0.851. The van der Waals surface area contributed by atoms with E-state index in [-0.39, 0.29) is 5.92 Å². The summed E-state index contributed by atoms with van der Waals surface area (Å²) in [5, 5.41) is 9.39. The van der Waals surface area contributed by atoms with Crippen molar-refractivity contribution < 1.29 is 9.50 Å². The van der Waals surface area contributed by atoms with Crippen molar-refractivity contribution in [3.63, 3.8) is 0 Å². The van der Waals surface area contributed by atoms with Gasteiger partial charge in [0, 0.05) is 10.9 Å². The van der Waals surface area contributed by atoms with Crippen LogP contribution < -0.4 is 0 Å². The van der Waals surface area contributed by atoms with E-state index in [4.69, 9.17) is 16.7 Å². The average molecular weight is 241 g/mol. The molecule has 16 heavy (non-hydrogen) atoms. The fourth-order valence-corrected chi connectivity index (χ4v) is 2.19. The van der Waals surface area contributed by atoms with E-state index in [2.05, 4.69) is 0 Å². The van der Waals surface area contributed by atoms with Crippen molar-refractivity contribution in [3.8, 4) is 0 Å². The van der Waals surface area contributed by atoms with E-state index in [1.54, 1.807) is 0 Å². The molecule has 1 unspecified atom stereocenters. The van der Waals surface area contributed by atoms with E-state index < -0.39 is 12.4 Å². The van der Waals surface area contributed by atoms with Crippen molar-refractivity contribution in [2.45, 2.75) is 18.8 Å². The fraction of sp³-hybridized carbons (Fsp3) is 0.385. The third-order valence-electron chi connectivity index (χ3n) is 2.91. The largest absolute Gasteiger partial charge is 0.389 e. The van der Waals surface area contributed by atoms with Gasteiger partial charge in [-0.05, 0) is 36.5 Å². The minimum absolute atomic E-state index is 0.000787. The predicted octanol–water partition coefficient (Wildman–Crippen LogP) is 3.68. The Morgan fingerprint density at radius 1 is 1.50 bits per heavy atom. The Morgan fingerprint density at radius 3 is 2.75 bits per heavy atom. The smallest absolute Gasteiger partial charge is 0.122 e. The lowest BCUT2D eigenvalue weighted by molar-refractivity contribution is 0.296. The second-order valence-electron chi connectivity index (χ2n) is 4.16. The minimum Gasteiger partial charge on any atom is -0.389 e. The number of halogens is 2. The maximum absolute atomic E-state index is 13.2. The molecule has 0 amide bonds. The average Bonchev–Trinajstić information content (AvgIpc) is 3.10. The van der Waals surface area contributed by atoms with Gasteiger partial charge in [-0.2, -0.15) is 0 Å². The molecular weight excluding hydrogens is 227 g/mol. The molecule has 1 N–H and O–H groups in total. The van der Waals surface area contributed by atoms with Gasteiger partial charge in [0.15, 0.2) is 0 Å². The maximum Gasteiger partial charge on any atom is 0.122 e. The van der Waals surface area contributed by atoms with E-state index in [0.717, 1.165) is 18.4 Å². The van der Waals surface area contributed by atoms with Crippen LogP contribution in [0.4, 0.5) is 4.39 Å². The van der Waals surface area contributed by atoms with E-state index >= 15 is 0 Å². The number of aliphatic hydroxyl groups excluding tert-OH is 1. The Kier molecular flexibility index (Phi) is 3.62. The summed E-state index contributed by atoms with van der Waals surface area (Å²) in [6, 6.07) is 7.51. The molecule has 1 atom stereocenters. The first-order chi connectivity index (χ1) is 7.72. The first-order valence-corrected chi connectivity index (χ1v) is 5.81.